The molecule has 4 nitrogen and oxygen atoms in total. The quantitative estimate of drug-likeness (QED) is 0.849. The van der Waals surface area contributed by atoms with E-state index in [1.54, 1.807) is 0 Å². The van der Waals surface area contributed by atoms with Crippen LogP contribution in [-0.4, -0.2) is 16.8 Å². The monoisotopic (exact) mass is 234 g/mol. The van der Waals surface area contributed by atoms with Crippen molar-refractivity contribution in [3.05, 3.63) is 17.0 Å². The van der Waals surface area contributed by atoms with E-state index in [2.05, 4.69) is 23.4 Å². The van der Waals surface area contributed by atoms with E-state index < -0.39 is 0 Å². The van der Waals surface area contributed by atoms with Crippen LogP contribution >= 0.6 is 0 Å². The smallest absolute Gasteiger partial charge is 0.0684 e. The number of aryl methyl sites for hydroxylation is 2. The zero-order valence-electron chi connectivity index (χ0n) is 11.5. The Morgan fingerprint density at radius 1 is 1.41 bits per heavy atom. The Bertz CT molecular complexity index is 423. The Labute approximate surface area is 104 Å². The second kappa shape index (κ2) is 5.33. The summed E-state index contributed by atoms with van der Waals surface area (Å²) in [7, 11) is 1.94. The number of hydrogen-bond donors (Lipinski definition) is 1. The Balaban J connectivity index is 2.80. The summed E-state index contributed by atoms with van der Waals surface area (Å²) in [5, 5.41) is 16.7. The predicted molar refractivity (Wildman–Crippen MR) is 68.5 cm³/mol. The fourth-order valence-electron chi connectivity index (χ4n) is 1.83. The highest BCUT2D eigenvalue weighted by molar-refractivity contribution is 5.24. The maximum Gasteiger partial charge on any atom is 0.0684 e. The van der Waals surface area contributed by atoms with Crippen LogP contribution in [0.2, 0.25) is 0 Å². The molecular weight excluding hydrogens is 212 g/mol. The van der Waals surface area contributed by atoms with Gasteiger partial charge in [0.25, 0.3) is 0 Å². The molecule has 0 aliphatic carbocycles. The van der Waals surface area contributed by atoms with Crippen LogP contribution in [0.4, 0.5) is 0 Å². The molecule has 0 radical (unpaired) electrons. The van der Waals surface area contributed by atoms with Gasteiger partial charge in [-0.1, -0.05) is 0 Å². The molecule has 0 aromatic carbocycles. The SMILES string of the molecule is CNCc1c(C)nn(CCC(C)(C)C#N)c1C. The van der Waals surface area contributed by atoms with Crippen molar-refractivity contribution < 1.29 is 0 Å². The normalized spacial score (nSPS) is 11.5. The number of aromatic nitrogens is 2. The van der Waals surface area contributed by atoms with E-state index in [0.717, 1.165) is 25.2 Å². The summed E-state index contributed by atoms with van der Waals surface area (Å²) in [6.45, 7) is 9.70. The lowest BCUT2D eigenvalue weighted by atomic mass is 9.91. The van der Waals surface area contributed by atoms with Gasteiger partial charge in [0, 0.05) is 24.3 Å². The Morgan fingerprint density at radius 2 is 2.06 bits per heavy atom. The minimum Gasteiger partial charge on any atom is -0.316 e. The van der Waals surface area contributed by atoms with Crippen molar-refractivity contribution in [1.82, 2.24) is 15.1 Å². The lowest BCUT2D eigenvalue weighted by Gasteiger charge is -2.15. The van der Waals surface area contributed by atoms with Crippen molar-refractivity contribution in [3.63, 3.8) is 0 Å². The summed E-state index contributed by atoms with van der Waals surface area (Å²) in [6, 6.07) is 2.32. The molecule has 0 aliphatic heterocycles. The molecule has 94 valence electrons. The Morgan fingerprint density at radius 3 is 2.59 bits per heavy atom. The molecule has 1 heterocycles. The van der Waals surface area contributed by atoms with Crippen LogP contribution in [0, 0.1) is 30.6 Å². The van der Waals surface area contributed by atoms with Gasteiger partial charge in [-0.15, -0.1) is 0 Å². The van der Waals surface area contributed by atoms with Crippen molar-refractivity contribution in [3.8, 4) is 6.07 Å². The van der Waals surface area contributed by atoms with Crippen LogP contribution in [0.3, 0.4) is 0 Å². The number of rotatable bonds is 5. The fourth-order valence-corrected chi connectivity index (χ4v) is 1.83. The summed E-state index contributed by atoms with van der Waals surface area (Å²) in [6.07, 6.45) is 0.824. The summed E-state index contributed by atoms with van der Waals surface area (Å²) >= 11 is 0. The van der Waals surface area contributed by atoms with Crippen molar-refractivity contribution in [2.45, 2.75) is 47.2 Å². The lowest BCUT2D eigenvalue weighted by molar-refractivity contribution is 0.395. The number of nitriles is 1. The third-order valence-corrected chi connectivity index (χ3v) is 3.14. The zero-order valence-corrected chi connectivity index (χ0v) is 11.5. The van der Waals surface area contributed by atoms with Crippen molar-refractivity contribution >= 4 is 0 Å². The summed E-state index contributed by atoms with van der Waals surface area (Å²) < 4.78 is 2.01. The van der Waals surface area contributed by atoms with Gasteiger partial charge in [-0.2, -0.15) is 10.4 Å². The van der Waals surface area contributed by atoms with Gasteiger partial charge in [0.2, 0.25) is 0 Å². The Hall–Kier alpha value is -1.34. The highest BCUT2D eigenvalue weighted by Crippen LogP contribution is 2.21. The molecule has 0 saturated heterocycles. The van der Waals surface area contributed by atoms with E-state index in [0.29, 0.717) is 0 Å². The molecule has 1 aromatic rings. The highest BCUT2D eigenvalue weighted by atomic mass is 15.3. The minimum absolute atomic E-state index is 0.282. The van der Waals surface area contributed by atoms with Crippen LogP contribution in [0.5, 0.6) is 0 Å². The van der Waals surface area contributed by atoms with Crippen LogP contribution in [0.1, 0.15) is 37.2 Å². The third kappa shape index (κ3) is 3.31. The van der Waals surface area contributed by atoms with Crippen LogP contribution in [0.15, 0.2) is 0 Å². The van der Waals surface area contributed by atoms with E-state index in [9.17, 15) is 0 Å². The van der Waals surface area contributed by atoms with E-state index in [1.807, 2.05) is 32.5 Å². The van der Waals surface area contributed by atoms with Gasteiger partial charge in [-0.3, -0.25) is 4.68 Å². The molecule has 17 heavy (non-hydrogen) atoms. The summed E-state index contributed by atoms with van der Waals surface area (Å²) in [5.41, 5.74) is 3.26. The summed E-state index contributed by atoms with van der Waals surface area (Å²) in [4.78, 5) is 0. The van der Waals surface area contributed by atoms with Crippen molar-refractivity contribution in [1.29, 1.82) is 5.26 Å². The molecule has 0 unspecified atom stereocenters. The van der Waals surface area contributed by atoms with Crippen LogP contribution < -0.4 is 5.32 Å². The predicted octanol–water partition coefficient (Wildman–Crippen LogP) is 2.16. The molecular formula is C13H22N4. The molecule has 0 aliphatic rings. The second-order valence-corrected chi connectivity index (χ2v) is 5.15. The number of hydrogen-bond acceptors (Lipinski definition) is 3. The molecule has 0 saturated carbocycles. The standard InChI is InChI=1S/C13H22N4/c1-10-12(8-15-5)11(2)17(16-10)7-6-13(3,4)9-14/h15H,6-8H2,1-5H3. The van der Waals surface area contributed by atoms with Gasteiger partial charge < -0.3 is 5.32 Å². The number of nitrogens with one attached hydrogen (secondary N) is 1. The minimum atomic E-state index is -0.282. The fraction of sp³-hybridized carbons (Fsp3) is 0.692. The third-order valence-electron chi connectivity index (χ3n) is 3.14. The summed E-state index contributed by atoms with van der Waals surface area (Å²) in [5.74, 6) is 0. The van der Waals surface area contributed by atoms with Gasteiger partial charge in [0.1, 0.15) is 0 Å². The van der Waals surface area contributed by atoms with Crippen LogP contribution in [0.25, 0.3) is 0 Å². The first-order chi connectivity index (χ1) is 7.91. The first kappa shape index (κ1) is 13.7. The van der Waals surface area contributed by atoms with Gasteiger partial charge in [-0.05, 0) is 41.2 Å². The molecule has 1 aromatic heterocycles. The van der Waals surface area contributed by atoms with E-state index >= 15 is 0 Å². The molecule has 0 bridgehead atoms. The first-order valence-corrected chi connectivity index (χ1v) is 6.00. The molecule has 0 fully saturated rings. The molecule has 4 heteroatoms. The maximum absolute atomic E-state index is 9.00. The largest absolute Gasteiger partial charge is 0.316 e. The van der Waals surface area contributed by atoms with E-state index in [1.165, 1.54) is 11.3 Å². The number of nitrogens with zero attached hydrogens (tertiary/aromatic N) is 3. The average molecular weight is 234 g/mol. The molecule has 1 N–H and O–H groups in total. The van der Waals surface area contributed by atoms with Gasteiger partial charge in [0.05, 0.1) is 17.2 Å². The zero-order chi connectivity index (χ0) is 13.1. The van der Waals surface area contributed by atoms with E-state index in [-0.39, 0.29) is 5.41 Å². The average Bonchev–Trinajstić information content (AvgIpc) is 2.55. The van der Waals surface area contributed by atoms with Gasteiger partial charge >= 0.3 is 0 Å². The van der Waals surface area contributed by atoms with Crippen molar-refractivity contribution in [2.75, 3.05) is 7.05 Å². The first-order valence-electron chi connectivity index (χ1n) is 6.00. The lowest BCUT2D eigenvalue weighted by Crippen LogP contribution is -2.14. The second-order valence-electron chi connectivity index (χ2n) is 5.15. The molecule has 0 amide bonds. The molecule has 1 rings (SSSR count). The van der Waals surface area contributed by atoms with Gasteiger partial charge in [-0.25, -0.2) is 0 Å². The topological polar surface area (TPSA) is 53.6 Å². The maximum atomic E-state index is 9.00. The molecule has 0 atom stereocenters. The van der Waals surface area contributed by atoms with Gasteiger partial charge in [0.15, 0.2) is 0 Å². The van der Waals surface area contributed by atoms with Crippen LogP contribution in [-0.2, 0) is 13.1 Å². The van der Waals surface area contributed by atoms with E-state index in [4.69, 9.17) is 5.26 Å². The molecule has 0 spiro atoms. The highest BCUT2D eigenvalue weighted by Gasteiger charge is 2.18. The Kier molecular flexibility index (Phi) is 4.30. The van der Waals surface area contributed by atoms with Crippen molar-refractivity contribution in [2.24, 2.45) is 5.41 Å².